The standard InChI is InChI=1S/C56H36N2O2/c1-3-14-37(15-4-1)38-26-31-42(32-27-38)58(51-24-13-20-46-47-36-39(28-35-52(47)59-54(46)51)55-57-50-23-11-12-25-53(50)60-55)43-33-29-41(30-34-43)56(40-16-5-2-6-17-40)48-21-9-7-18-44(48)45-19-8-10-22-49(45)56/h1-36H. The fourth-order valence-electron chi connectivity index (χ4n) is 9.52. The average Bonchev–Trinajstić information content (AvgIpc) is 4.02. The Balaban J connectivity index is 1.03. The summed E-state index contributed by atoms with van der Waals surface area (Å²) in [4.78, 5) is 7.10. The van der Waals surface area contributed by atoms with E-state index in [4.69, 9.17) is 13.8 Å². The average molecular weight is 769 g/mol. The molecule has 9 aromatic carbocycles. The van der Waals surface area contributed by atoms with Gasteiger partial charge in [-0.25, -0.2) is 4.98 Å². The van der Waals surface area contributed by atoms with Crippen molar-refractivity contribution < 1.29 is 8.83 Å². The van der Waals surface area contributed by atoms with E-state index in [0.717, 1.165) is 61.2 Å². The number of benzene rings is 9. The maximum absolute atomic E-state index is 6.81. The highest BCUT2D eigenvalue weighted by Gasteiger charge is 2.45. The number of hydrogen-bond donors (Lipinski definition) is 0. The number of aromatic nitrogens is 1. The highest BCUT2D eigenvalue weighted by Crippen LogP contribution is 2.56. The highest BCUT2D eigenvalue weighted by molar-refractivity contribution is 6.11. The van der Waals surface area contributed by atoms with Crippen molar-refractivity contribution in [2.24, 2.45) is 0 Å². The third-order valence-corrected chi connectivity index (χ3v) is 12.2. The van der Waals surface area contributed by atoms with Crippen LogP contribution in [0.3, 0.4) is 0 Å². The van der Waals surface area contributed by atoms with Crippen LogP contribution >= 0.6 is 0 Å². The Hall–Kier alpha value is -7.95. The van der Waals surface area contributed by atoms with Gasteiger partial charge in [0.25, 0.3) is 0 Å². The fraction of sp³-hybridized carbons (Fsp3) is 0.0179. The maximum atomic E-state index is 6.81. The molecule has 12 rings (SSSR count). The van der Waals surface area contributed by atoms with Crippen LogP contribution < -0.4 is 4.90 Å². The maximum Gasteiger partial charge on any atom is 0.227 e. The van der Waals surface area contributed by atoms with Gasteiger partial charge in [0.15, 0.2) is 11.2 Å². The van der Waals surface area contributed by atoms with E-state index in [1.54, 1.807) is 0 Å². The van der Waals surface area contributed by atoms with E-state index >= 15 is 0 Å². The van der Waals surface area contributed by atoms with Gasteiger partial charge in [-0.15, -0.1) is 0 Å². The zero-order valence-electron chi connectivity index (χ0n) is 32.5. The van der Waals surface area contributed by atoms with Crippen LogP contribution in [0.15, 0.2) is 227 Å². The molecule has 60 heavy (non-hydrogen) atoms. The molecule has 0 bridgehead atoms. The summed E-state index contributed by atoms with van der Waals surface area (Å²) in [6, 6.07) is 77.7. The molecule has 0 atom stereocenters. The van der Waals surface area contributed by atoms with Gasteiger partial charge in [0.05, 0.1) is 11.1 Å². The van der Waals surface area contributed by atoms with Crippen LogP contribution in [-0.4, -0.2) is 4.98 Å². The first kappa shape index (κ1) is 34.1. The van der Waals surface area contributed by atoms with Crippen molar-refractivity contribution in [1.29, 1.82) is 0 Å². The molecule has 0 spiro atoms. The third-order valence-electron chi connectivity index (χ3n) is 12.2. The first-order valence-corrected chi connectivity index (χ1v) is 20.4. The third kappa shape index (κ3) is 5.21. The predicted molar refractivity (Wildman–Crippen MR) is 244 cm³/mol. The summed E-state index contributed by atoms with van der Waals surface area (Å²) in [5.74, 6) is 0.588. The van der Waals surface area contributed by atoms with Gasteiger partial charge in [0.1, 0.15) is 11.1 Å². The SMILES string of the molecule is c1ccc(-c2ccc(N(c3ccc(C4(c5ccccc5)c5ccccc5-c5ccccc54)cc3)c3cccc4c3oc3ccc(-c5nc6ccccc6o5)cc34)cc2)cc1. The zero-order chi connectivity index (χ0) is 39.6. The highest BCUT2D eigenvalue weighted by atomic mass is 16.3. The Kier molecular flexibility index (Phi) is 7.72. The topological polar surface area (TPSA) is 42.4 Å². The van der Waals surface area contributed by atoms with E-state index in [1.807, 2.05) is 36.4 Å². The molecule has 0 radical (unpaired) electrons. The van der Waals surface area contributed by atoms with Crippen molar-refractivity contribution in [2.75, 3.05) is 4.90 Å². The summed E-state index contributed by atoms with van der Waals surface area (Å²) < 4.78 is 13.0. The summed E-state index contributed by atoms with van der Waals surface area (Å²) in [6.07, 6.45) is 0. The Bertz CT molecular complexity index is 3290. The Morgan fingerprint density at radius 2 is 0.983 bits per heavy atom. The van der Waals surface area contributed by atoms with Gasteiger partial charge < -0.3 is 13.7 Å². The van der Waals surface area contributed by atoms with Crippen LogP contribution in [0.2, 0.25) is 0 Å². The van der Waals surface area contributed by atoms with Crippen molar-refractivity contribution >= 4 is 50.1 Å². The minimum absolute atomic E-state index is 0.486. The molecular formula is C56H36N2O2. The molecule has 1 aliphatic rings. The number of oxazole rings is 1. The molecule has 4 nitrogen and oxygen atoms in total. The Labute approximate surface area is 347 Å². The fourth-order valence-corrected chi connectivity index (χ4v) is 9.52. The molecule has 11 aromatic rings. The lowest BCUT2D eigenvalue weighted by molar-refractivity contribution is 0.620. The van der Waals surface area contributed by atoms with E-state index in [9.17, 15) is 0 Å². The van der Waals surface area contributed by atoms with E-state index < -0.39 is 5.41 Å². The lowest BCUT2D eigenvalue weighted by Crippen LogP contribution is -2.28. The summed E-state index contributed by atoms with van der Waals surface area (Å²) in [5.41, 5.74) is 16.5. The molecule has 0 aliphatic heterocycles. The van der Waals surface area contributed by atoms with Gasteiger partial charge >= 0.3 is 0 Å². The molecule has 2 heterocycles. The molecule has 4 heteroatoms. The van der Waals surface area contributed by atoms with Crippen LogP contribution in [0.5, 0.6) is 0 Å². The molecule has 2 aromatic heterocycles. The minimum atomic E-state index is -0.486. The molecule has 0 fully saturated rings. The normalized spacial score (nSPS) is 12.8. The zero-order valence-corrected chi connectivity index (χ0v) is 32.5. The molecule has 1 aliphatic carbocycles. The van der Waals surface area contributed by atoms with Crippen LogP contribution in [-0.2, 0) is 5.41 Å². The predicted octanol–water partition coefficient (Wildman–Crippen LogP) is 14.9. The molecule has 0 unspecified atom stereocenters. The van der Waals surface area contributed by atoms with Crippen LogP contribution in [0.25, 0.3) is 66.7 Å². The van der Waals surface area contributed by atoms with Crippen molar-refractivity contribution in [3.63, 3.8) is 0 Å². The number of anilines is 3. The number of rotatable bonds is 7. The van der Waals surface area contributed by atoms with E-state index in [1.165, 1.54) is 38.9 Å². The summed E-state index contributed by atoms with van der Waals surface area (Å²) in [5, 5.41) is 2.02. The van der Waals surface area contributed by atoms with Gasteiger partial charge in [-0.1, -0.05) is 158 Å². The number of fused-ring (bicyclic) bond motifs is 7. The first-order valence-electron chi connectivity index (χ1n) is 20.4. The van der Waals surface area contributed by atoms with Gasteiger partial charge in [-0.3, -0.25) is 0 Å². The van der Waals surface area contributed by atoms with Crippen molar-refractivity contribution in [2.45, 2.75) is 5.41 Å². The van der Waals surface area contributed by atoms with Gasteiger partial charge in [-0.2, -0.15) is 0 Å². The van der Waals surface area contributed by atoms with Crippen LogP contribution in [0.1, 0.15) is 22.3 Å². The molecule has 282 valence electrons. The van der Waals surface area contributed by atoms with E-state index in [-0.39, 0.29) is 0 Å². The second kappa shape index (κ2) is 13.6. The molecule has 0 amide bonds. The van der Waals surface area contributed by atoms with Crippen molar-refractivity contribution in [3.05, 3.63) is 241 Å². The van der Waals surface area contributed by atoms with Crippen molar-refractivity contribution in [1.82, 2.24) is 4.98 Å². The Morgan fingerprint density at radius 1 is 0.400 bits per heavy atom. The van der Waals surface area contributed by atoms with Gasteiger partial charge in [0, 0.05) is 27.7 Å². The van der Waals surface area contributed by atoms with E-state index in [0.29, 0.717) is 5.89 Å². The second-order valence-corrected chi connectivity index (χ2v) is 15.5. The minimum Gasteiger partial charge on any atom is -0.454 e. The summed E-state index contributed by atoms with van der Waals surface area (Å²) in [6.45, 7) is 0. The van der Waals surface area contributed by atoms with Gasteiger partial charge in [-0.05, 0) is 105 Å². The second-order valence-electron chi connectivity index (χ2n) is 15.5. The van der Waals surface area contributed by atoms with Crippen LogP contribution in [0.4, 0.5) is 17.1 Å². The molecular weight excluding hydrogens is 733 g/mol. The summed E-state index contributed by atoms with van der Waals surface area (Å²) >= 11 is 0. The number of para-hydroxylation sites is 3. The van der Waals surface area contributed by atoms with E-state index in [2.05, 4.69) is 187 Å². The van der Waals surface area contributed by atoms with Crippen LogP contribution in [0, 0.1) is 0 Å². The molecule has 0 N–H and O–H groups in total. The lowest BCUT2D eigenvalue weighted by atomic mass is 9.68. The molecule has 0 saturated heterocycles. The first-order chi connectivity index (χ1) is 29.7. The number of furan rings is 1. The largest absolute Gasteiger partial charge is 0.454 e. The lowest BCUT2D eigenvalue weighted by Gasteiger charge is -2.34. The smallest absolute Gasteiger partial charge is 0.227 e. The van der Waals surface area contributed by atoms with Crippen molar-refractivity contribution in [3.8, 4) is 33.7 Å². The molecule has 0 saturated carbocycles. The number of hydrogen-bond acceptors (Lipinski definition) is 4. The van der Waals surface area contributed by atoms with Gasteiger partial charge in [0.2, 0.25) is 5.89 Å². The Morgan fingerprint density at radius 3 is 1.70 bits per heavy atom. The monoisotopic (exact) mass is 768 g/mol. The summed E-state index contributed by atoms with van der Waals surface area (Å²) in [7, 11) is 0. The quantitative estimate of drug-likeness (QED) is 0.162. The number of nitrogens with zero attached hydrogens (tertiary/aromatic N) is 2.